The molecule has 0 saturated carbocycles. The summed E-state index contributed by atoms with van der Waals surface area (Å²) in [5, 5.41) is 0.383. The number of halogens is 2. The summed E-state index contributed by atoms with van der Waals surface area (Å²) in [6.07, 6.45) is 0. The fourth-order valence-corrected chi connectivity index (χ4v) is 3.69. The molecule has 1 aliphatic rings. The van der Waals surface area contributed by atoms with Crippen molar-refractivity contribution >= 4 is 46.3 Å². The smallest absolute Gasteiger partial charge is 0.223 e. The van der Waals surface area contributed by atoms with Crippen molar-refractivity contribution in [1.82, 2.24) is 14.9 Å². The van der Waals surface area contributed by atoms with Crippen molar-refractivity contribution in [3.05, 3.63) is 32.6 Å². The highest BCUT2D eigenvalue weighted by Crippen LogP contribution is 2.24. The average Bonchev–Trinajstić information content (AvgIpc) is 2.84. The Morgan fingerprint density at radius 3 is 2.52 bits per heavy atom. The maximum Gasteiger partial charge on any atom is 0.223 e. The first kappa shape index (κ1) is 14.8. The van der Waals surface area contributed by atoms with Crippen LogP contribution in [-0.4, -0.2) is 41.0 Å². The molecule has 0 unspecified atom stereocenters. The Hall–Kier alpha value is -1.08. The van der Waals surface area contributed by atoms with Crippen LogP contribution in [0.1, 0.15) is 4.88 Å². The van der Waals surface area contributed by atoms with E-state index in [-0.39, 0.29) is 5.95 Å². The van der Waals surface area contributed by atoms with E-state index in [1.165, 1.54) is 4.88 Å². The van der Waals surface area contributed by atoms with Crippen molar-refractivity contribution in [2.45, 2.75) is 6.54 Å². The number of anilines is 2. The third-order valence-corrected chi connectivity index (χ3v) is 4.81. The van der Waals surface area contributed by atoms with Gasteiger partial charge >= 0.3 is 0 Å². The van der Waals surface area contributed by atoms with Crippen LogP contribution in [0.15, 0.2) is 18.2 Å². The number of rotatable bonds is 3. The summed E-state index contributed by atoms with van der Waals surface area (Å²) >= 11 is 13.5. The monoisotopic (exact) mass is 343 g/mol. The normalized spacial score (nSPS) is 16.4. The van der Waals surface area contributed by atoms with Gasteiger partial charge in [-0.05, 0) is 12.1 Å². The van der Waals surface area contributed by atoms with Gasteiger partial charge in [0.2, 0.25) is 5.95 Å². The quantitative estimate of drug-likeness (QED) is 0.868. The predicted octanol–water partition coefficient (Wildman–Crippen LogP) is 2.75. The van der Waals surface area contributed by atoms with Crippen LogP contribution in [0.25, 0.3) is 0 Å². The van der Waals surface area contributed by atoms with Crippen LogP contribution in [0.3, 0.4) is 0 Å². The topological polar surface area (TPSA) is 58.3 Å². The summed E-state index contributed by atoms with van der Waals surface area (Å²) in [4.78, 5) is 14.0. The Balaban J connectivity index is 1.59. The SMILES string of the molecule is Nc1nc(Cl)cc(N2CCN(Cc3ccc(Cl)s3)CC2)n1. The zero-order valence-corrected chi connectivity index (χ0v) is 13.6. The molecule has 3 rings (SSSR count). The highest BCUT2D eigenvalue weighted by Gasteiger charge is 2.19. The molecular formula is C13H15Cl2N5S. The van der Waals surface area contributed by atoms with Gasteiger partial charge in [0.15, 0.2) is 0 Å². The number of nitrogen functional groups attached to an aromatic ring is 1. The van der Waals surface area contributed by atoms with Gasteiger partial charge in [-0.2, -0.15) is 4.98 Å². The molecule has 2 N–H and O–H groups in total. The fourth-order valence-electron chi connectivity index (χ4n) is 2.38. The van der Waals surface area contributed by atoms with Crippen molar-refractivity contribution in [2.24, 2.45) is 0 Å². The van der Waals surface area contributed by atoms with E-state index in [1.54, 1.807) is 17.4 Å². The first-order chi connectivity index (χ1) is 10.1. The molecule has 0 atom stereocenters. The van der Waals surface area contributed by atoms with Gasteiger partial charge in [-0.3, -0.25) is 4.90 Å². The van der Waals surface area contributed by atoms with Gasteiger partial charge < -0.3 is 10.6 Å². The molecule has 2 aromatic rings. The highest BCUT2D eigenvalue weighted by molar-refractivity contribution is 7.16. The lowest BCUT2D eigenvalue weighted by atomic mass is 10.3. The Bertz CT molecular complexity index is 605. The minimum atomic E-state index is 0.216. The van der Waals surface area contributed by atoms with Crippen molar-refractivity contribution in [3.8, 4) is 0 Å². The number of hydrogen-bond donors (Lipinski definition) is 1. The summed E-state index contributed by atoms with van der Waals surface area (Å²) in [5.41, 5.74) is 5.64. The molecule has 0 amide bonds. The third kappa shape index (κ3) is 3.77. The second-order valence-corrected chi connectivity index (χ2v) is 7.06. The first-order valence-corrected chi connectivity index (χ1v) is 8.19. The molecule has 0 aromatic carbocycles. The molecular weight excluding hydrogens is 329 g/mol. The Labute approximate surface area is 137 Å². The fraction of sp³-hybridized carbons (Fsp3) is 0.385. The molecule has 0 bridgehead atoms. The summed E-state index contributed by atoms with van der Waals surface area (Å²) < 4.78 is 0.842. The van der Waals surface area contributed by atoms with Gasteiger partial charge in [0, 0.05) is 43.7 Å². The summed E-state index contributed by atoms with van der Waals surface area (Å²) in [6.45, 7) is 4.67. The van der Waals surface area contributed by atoms with Gasteiger partial charge in [-0.1, -0.05) is 23.2 Å². The molecule has 1 aliphatic heterocycles. The Kier molecular flexibility index (Phi) is 4.49. The molecule has 2 aromatic heterocycles. The maximum absolute atomic E-state index is 5.96. The number of thiophene rings is 1. The van der Waals surface area contributed by atoms with Crippen LogP contribution < -0.4 is 10.6 Å². The van der Waals surface area contributed by atoms with Crippen molar-refractivity contribution in [1.29, 1.82) is 0 Å². The minimum absolute atomic E-state index is 0.216. The van der Waals surface area contributed by atoms with E-state index < -0.39 is 0 Å². The lowest BCUT2D eigenvalue weighted by molar-refractivity contribution is 0.251. The van der Waals surface area contributed by atoms with Crippen LogP contribution >= 0.6 is 34.5 Å². The van der Waals surface area contributed by atoms with Gasteiger partial charge in [0.25, 0.3) is 0 Å². The van der Waals surface area contributed by atoms with Gasteiger partial charge in [0.1, 0.15) is 11.0 Å². The highest BCUT2D eigenvalue weighted by atomic mass is 35.5. The van der Waals surface area contributed by atoms with Crippen LogP contribution in [-0.2, 0) is 6.54 Å². The number of nitrogens with two attached hydrogens (primary N) is 1. The number of aromatic nitrogens is 2. The number of hydrogen-bond acceptors (Lipinski definition) is 6. The van der Waals surface area contributed by atoms with E-state index in [9.17, 15) is 0 Å². The molecule has 1 fully saturated rings. The molecule has 112 valence electrons. The molecule has 0 spiro atoms. The van der Waals surface area contributed by atoms with E-state index in [0.29, 0.717) is 5.15 Å². The van der Waals surface area contributed by atoms with E-state index >= 15 is 0 Å². The predicted molar refractivity (Wildman–Crippen MR) is 88.3 cm³/mol. The molecule has 3 heterocycles. The lowest BCUT2D eigenvalue weighted by Gasteiger charge is -2.35. The van der Waals surface area contributed by atoms with Gasteiger partial charge in [-0.25, -0.2) is 4.98 Å². The molecule has 0 aliphatic carbocycles. The van der Waals surface area contributed by atoms with Gasteiger partial charge in [-0.15, -0.1) is 11.3 Å². The molecule has 5 nitrogen and oxygen atoms in total. The van der Waals surface area contributed by atoms with Crippen LogP contribution in [0.5, 0.6) is 0 Å². The van der Waals surface area contributed by atoms with E-state index in [4.69, 9.17) is 28.9 Å². The second kappa shape index (κ2) is 6.36. The summed E-state index contributed by atoms with van der Waals surface area (Å²) in [7, 11) is 0. The van der Waals surface area contributed by atoms with E-state index in [2.05, 4.69) is 25.8 Å². The minimum Gasteiger partial charge on any atom is -0.368 e. The average molecular weight is 344 g/mol. The van der Waals surface area contributed by atoms with Crippen molar-refractivity contribution < 1.29 is 0 Å². The molecule has 21 heavy (non-hydrogen) atoms. The zero-order valence-electron chi connectivity index (χ0n) is 11.3. The van der Waals surface area contributed by atoms with Crippen molar-refractivity contribution in [3.63, 3.8) is 0 Å². The van der Waals surface area contributed by atoms with Gasteiger partial charge in [0.05, 0.1) is 4.34 Å². The third-order valence-electron chi connectivity index (χ3n) is 3.40. The standard InChI is InChI=1S/C13H15Cl2N5S/c14-10-7-12(18-13(16)17-10)20-5-3-19(4-6-20)8-9-1-2-11(15)21-9/h1-2,7H,3-6,8H2,(H2,16,17,18). The first-order valence-electron chi connectivity index (χ1n) is 6.62. The second-order valence-electron chi connectivity index (χ2n) is 4.88. The van der Waals surface area contributed by atoms with E-state index in [0.717, 1.165) is 42.9 Å². The summed E-state index contributed by atoms with van der Waals surface area (Å²) in [6, 6.07) is 5.79. The molecule has 1 saturated heterocycles. The summed E-state index contributed by atoms with van der Waals surface area (Å²) in [5.74, 6) is 1.01. The van der Waals surface area contributed by atoms with Crippen LogP contribution in [0.2, 0.25) is 9.49 Å². The van der Waals surface area contributed by atoms with Crippen LogP contribution in [0, 0.1) is 0 Å². The zero-order chi connectivity index (χ0) is 14.8. The molecule has 8 heteroatoms. The van der Waals surface area contributed by atoms with Crippen molar-refractivity contribution in [2.75, 3.05) is 36.8 Å². The van der Waals surface area contributed by atoms with Crippen LogP contribution in [0.4, 0.5) is 11.8 Å². The molecule has 0 radical (unpaired) electrons. The number of piperazine rings is 1. The lowest BCUT2D eigenvalue weighted by Crippen LogP contribution is -2.46. The Morgan fingerprint density at radius 1 is 1.14 bits per heavy atom. The maximum atomic E-state index is 5.96. The Morgan fingerprint density at radius 2 is 1.90 bits per heavy atom. The largest absolute Gasteiger partial charge is 0.368 e. The van der Waals surface area contributed by atoms with E-state index in [1.807, 2.05) is 6.07 Å². The number of nitrogens with zero attached hydrogens (tertiary/aromatic N) is 4.